The number of fused-ring (bicyclic) bond motifs is 3. The highest BCUT2D eigenvalue weighted by Gasteiger charge is 2.11. The van der Waals surface area contributed by atoms with Crippen LogP contribution in [0.2, 0.25) is 0 Å². The van der Waals surface area contributed by atoms with Crippen LogP contribution in [0.5, 0.6) is 0 Å². The summed E-state index contributed by atoms with van der Waals surface area (Å²) in [6.07, 6.45) is 2.98. The smallest absolute Gasteiger partial charge is 0.148 e. The number of hydrogen-bond acceptors (Lipinski definition) is 3. The number of aromatic nitrogens is 3. The van der Waals surface area contributed by atoms with E-state index in [0.29, 0.717) is 5.92 Å². The monoisotopic (exact) mass is 307 g/mol. The Morgan fingerprint density at radius 1 is 1.14 bits per heavy atom. The molecule has 0 aliphatic carbocycles. The summed E-state index contributed by atoms with van der Waals surface area (Å²) < 4.78 is 2.22. The van der Waals surface area contributed by atoms with Crippen LogP contribution in [0.1, 0.15) is 18.7 Å². The van der Waals surface area contributed by atoms with Gasteiger partial charge in [0.1, 0.15) is 11.2 Å². The molecule has 3 heterocycles. The van der Waals surface area contributed by atoms with E-state index in [2.05, 4.69) is 51.9 Å². The van der Waals surface area contributed by atoms with E-state index in [-0.39, 0.29) is 0 Å². The van der Waals surface area contributed by atoms with E-state index >= 15 is 0 Å². The first-order valence-electron chi connectivity index (χ1n) is 7.53. The number of hydrogen-bond donors (Lipinski definition) is 0. The predicted octanol–water partition coefficient (Wildman–Crippen LogP) is 4.81. The fourth-order valence-electron chi connectivity index (χ4n) is 2.72. The maximum absolute atomic E-state index is 4.69. The first-order chi connectivity index (χ1) is 10.7. The lowest BCUT2D eigenvalue weighted by Crippen LogP contribution is -1.90. The molecule has 0 N–H and O–H groups in total. The van der Waals surface area contributed by atoms with Crippen LogP contribution in [0.15, 0.2) is 48.7 Å². The minimum atomic E-state index is 0.663. The highest BCUT2D eigenvalue weighted by molar-refractivity contribution is 7.07. The van der Waals surface area contributed by atoms with Crippen LogP contribution in [0.25, 0.3) is 27.9 Å². The quantitative estimate of drug-likeness (QED) is 0.544. The Kier molecular flexibility index (Phi) is 3.19. The Labute approximate surface area is 133 Å². The minimum Gasteiger partial charge on any atom is -0.254 e. The molecule has 4 heteroatoms. The third-order valence-corrected chi connectivity index (χ3v) is 4.79. The average molecular weight is 307 g/mol. The maximum atomic E-state index is 4.69. The molecule has 0 spiro atoms. The topological polar surface area (TPSA) is 30.2 Å². The maximum Gasteiger partial charge on any atom is 0.148 e. The largest absolute Gasteiger partial charge is 0.254 e. The van der Waals surface area contributed by atoms with E-state index in [1.54, 1.807) is 11.5 Å². The number of pyridine rings is 1. The summed E-state index contributed by atoms with van der Waals surface area (Å²) >= 11 is 1.79. The van der Waals surface area contributed by atoms with Gasteiger partial charge in [-0.2, -0.15) is 0 Å². The number of benzene rings is 1. The number of nitrogens with zero attached hydrogens (tertiary/aromatic N) is 3. The zero-order valence-electron chi connectivity index (χ0n) is 12.7. The van der Waals surface area contributed by atoms with Crippen LogP contribution in [-0.4, -0.2) is 13.8 Å². The molecular weight excluding hydrogens is 290 g/mol. The molecule has 0 radical (unpaired) electrons. The van der Waals surface area contributed by atoms with Gasteiger partial charge in [0.25, 0.3) is 0 Å². The van der Waals surface area contributed by atoms with Crippen LogP contribution in [-0.2, 0) is 6.42 Å². The van der Waals surface area contributed by atoms with Gasteiger partial charge >= 0.3 is 0 Å². The average Bonchev–Trinajstić information content (AvgIpc) is 3.04. The van der Waals surface area contributed by atoms with Gasteiger partial charge in [-0.15, -0.1) is 0 Å². The molecule has 0 fully saturated rings. The van der Waals surface area contributed by atoms with Crippen molar-refractivity contribution in [3.63, 3.8) is 0 Å². The van der Waals surface area contributed by atoms with Gasteiger partial charge in [0.15, 0.2) is 0 Å². The zero-order chi connectivity index (χ0) is 15.1. The van der Waals surface area contributed by atoms with E-state index in [4.69, 9.17) is 0 Å². The Morgan fingerprint density at radius 2 is 1.95 bits per heavy atom. The third-order valence-electron chi connectivity index (χ3n) is 3.70. The van der Waals surface area contributed by atoms with Gasteiger partial charge in [-0.25, -0.2) is 8.77 Å². The van der Waals surface area contributed by atoms with Crippen molar-refractivity contribution in [3.8, 4) is 11.3 Å². The van der Waals surface area contributed by atoms with Crippen LogP contribution >= 0.6 is 11.5 Å². The first-order valence-corrected chi connectivity index (χ1v) is 8.31. The van der Waals surface area contributed by atoms with Crippen LogP contribution in [0.4, 0.5) is 0 Å². The molecule has 0 aliphatic heterocycles. The van der Waals surface area contributed by atoms with Gasteiger partial charge in [0.05, 0.1) is 17.4 Å². The van der Waals surface area contributed by atoms with Gasteiger partial charge in [-0.05, 0) is 24.5 Å². The molecular formula is C18H17N3S. The van der Waals surface area contributed by atoms with Gasteiger partial charge in [0, 0.05) is 10.4 Å². The first kappa shape index (κ1) is 13.5. The molecule has 0 atom stereocenters. The molecule has 0 amide bonds. The van der Waals surface area contributed by atoms with Gasteiger partial charge in [-0.1, -0.05) is 55.7 Å². The summed E-state index contributed by atoms with van der Waals surface area (Å²) in [5, 5.41) is 0. The van der Waals surface area contributed by atoms with Crippen molar-refractivity contribution in [2.24, 2.45) is 5.92 Å². The lowest BCUT2D eigenvalue weighted by Gasteiger charge is -2.01. The second-order valence-electron chi connectivity index (χ2n) is 5.99. The predicted molar refractivity (Wildman–Crippen MR) is 92.3 cm³/mol. The summed E-state index contributed by atoms with van der Waals surface area (Å²) in [4.78, 5) is 10.6. The van der Waals surface area contributed by atoms with Gasteiger partial charge < -0.3 is 0 Å². The molecule has 22 heavy (non-hydrogen) atoms. The van der Waals surface area contributed by atoms with Crippen molar-refractivity contribution < 1.29 is 0 Å². The van der Waals surface area contributed by atoms with Gasteiger partial charge in [-0.3, -0.25) is 4.98 Å². The molecule has 0 aliphatic rings. The summed E-state index contributed by atoms with van der Waals surface area (Å²) in [6, 6.07) is 14.6. The van der Waals surface area contributed by atoms with Crippen LogP contribution in [0, 0.1) is 5.92 Å². The summed E-state index contributed by atoms with van der Waals surface area (Å²) in [7, 11) is 0. The van der Waals surface area contributed by atoms with E-state index in [1.165, 1.54) is 4.88 Å². The van der Waals surface area contributed by atoms with Crippen LogP contribution < -0.4 is 0 Å². The molecule has 0 saturated heterocycles. The van der Waals surface area contributed by atoms with Crippen LogP contribution in [0.3, 0.4) is 0 Å². The summed E-state index contributed by atoms with van der Waals surface area (Å²) in [6.45, 7) is 4.50. The molecule has 0 saturated carbocycles. The standard InChI is InChI=1S/C18H17N3S/c1-12(2)8-14-9-18-20-16-11-19-15(10-17(16)21(18)22-14)13-6-4-3-5-7-13/h3-7,9-12H,8H2,1-2H3. The van der Waals surface area contributed by atoms with E-state index in [0.717, 1.165) is 34.4 Å². The number of rotatable bonds is 3. The highest BCUT2D eigenvalue weighted by Crippen LogP contribution is 2.27. The lowest BCUT2D eigenvalue weighted by atomic mass is 10.1. The molecule has 4 rings (SSSR count). The van der Waals surface area contributed by atoms with Crippen molar-refractivity contribution in [1.82, 2.24) is 13.8 Å². The minimum absolute atomic E-state index is 0.663. The second kappa shape index (κ2) is 5.21. The third kappa shape index (κ3) is 2.29. The summed E-state index contributed by atoms with van der Waals surface area (Å²) in [5.74, 6) is 0.663. The van der Waals surface area contributed by atoms with E-state index < -0.39 is 0 Å². The second-order valence-corrected chi connectivity index (χ2v) is 7.06. The highest BCUT2D eigenvalue weighted by atomic mass is 32.1. The Bertz CT molecular complexity index is 935. The molecule has 4 aromatic rings. The zero-order valence-corrected chi connectivity index (χ0v) is 13.5. The SMILES string of the molecule is CC(C)Cc1cc2nc3cnc(-c4ccccc4)cc3n2s1. The Morgan fingerprint density at radius 3 is 2.73 bits per heavy atom. The lowest BCUT2D eigenvalue weighted by molar-refractivity contribution is 0.654. The molecule has 3 aromatic heterocycles. The molecule has 0 unspecified atom stereocenters. The van der Waals surface area contributed by atoms with Crippen molar-refractivity contribution in [3.05, 3.63) is 53.5 Å². The molecule has 1 aromatic carbocycles. The molecule has 110 valence electrons. The van der Waals surface area contributed by atoms with Crippen molar-refractivity contribution in [2.75, 3.05) is 0 Å². The van der Waals surface area contributed by atoms with Gasteiger partial charge in [0.2, 0.25) is 0 Å². The molecule has 3 nitrogen and oxygen atoms in total. The normalized spacial score (nSPS) is 11.8. The van der Waals surface area contributed by atoms with Crippen molar-refractivity contribution >= 4 is 28.2 Å². The van der Waals surface area contributed by atoms with Crippen molar-refractivity contribution in [2.45, 2.75) is 20.3 Å². The fraction of sp³-hybridized carbons (Fsp3) is 0.222. The van der Waals surface area contributed by atoms with E-state index in [1.807, 2.05) is 24.4 Å². The fourth-order valence-corrected chi connectivity index (χ4v) is 3.95. The molecule has 0 bridgehead atoms. The van der Waals surface area contributed by atoms with Crippen molar-refractivity contribution in [1.29, 1.82) is 0 Å². The number of imidazole rings is 1. The summed E-state index contributed by atoms with van der Waals surface area (Å²) in [5.41, 5.74) is 5.26. The Balaban J connectivity index is 1.86. The Hall–Kier alpha value is -2.20. The van der Waals surface area contributed by atoms with E-state index in [9.17, 15) is 0 Å².